The van der Waals surface area contributed by atoms with Crippen LogP contribution in [0.2, 0.25) is 5.02 Å². The highest BCUT2D eigenvalue weighted by molar-refractivity contribution is 6.42. The first-order chi connectivity index (χ1) is 14.3. The van der Waals surface area contributed by atoms with Gasteiger partial charge in [-0.1, -0.05) is 109 Å². The van der Waals surface area contributed by atoms with Gasteiger partial charge in [-0.15, -0.1) is 0 Å². The molecule has 0 aromatic heterocycles. The molecule has 0 amide bonds. The van der Waals surface area contributed by atoms with Crippen LogP contribution in [0.5, 0.6) is 0 Å². The Hall–Kier alpha value is -3.35. The number of hydrogen-bond donors (Lipinski definition) is 0. The van der Waals surface area contributed by atoms with Gasteiger partial charge in [-0.25, -0.2) is 0 Å². The van der Waals surface area contributed by atoms with E-state index in [1.54, 1.807) is 0 Å². The second-order valence-corrected chi connectivity index (χ2v) is 7.85. The molecule has 0 heterocycles. The molecule has 0 radical (unpaired) electrons. The van der Waals surface area contributed by atoms with Gasteiger partial charge < -0.3 is 0 Å². The molecule has 6 rings (SSSR count). The molecule has 29 heavy (non-hydrogen) atoms. The van der Waals surface area contributed by atoms with Gasteiger partial charge in [0.2, 0.25) is 0 Å². The fraction of sp³-hybridized carbons (Fsp3) is 0. The van der Waals surface area contributed by atoms with Crippen molar-refractivity contribution >= 4 is 54.7 Å². The first-order valence-electron chi connectivity index (χ1n) is 9.83. The first-order valence-corrected chi connectivity index (χ1v) is 10.2. The van der Waals surface area contributed by atoms with E-state index in [2.05, 4.69) is 103 Å². The van der Waals surface area contributed by atoms with E-state index >= 15 is 0 Å². The Kier molecular flexibility index (Phi) is 3.62. The molecule has 0 fully saturated rings. The number of halogens is 1. The minimum atomic E-state index is 0.824. The predicted molar refractivity (Wildman–Crippen MR) is 127 cm³/mol. The van der Waals surface area contributed by atoms with Crippen molar-refractivity contribution in [3.05, 3.63) is 108 Å². The third-order valence-electron chi connectivity index (χ3n) is 5.89. The highest BCUT2D eigenvalue weighted by Gasteiger charge is 2.17. The number of benzene rings is 6. The van der Waals surface area contributed by atoms with Crippen LogP contribution in [-0.4, -0.2) is 0 Å². The summed E-state index contributed by atoms with van der Waals surface area (Å²) < 4.78 is 0. The monoisotopic (exact) mass is 388 g/mol. The van der Waals surface area contributed by atoms with E-state index in [-0.39, 0.29) is 0 Å². The van der Waals surface area contributed by atoms with Crippen LogP contribution in [0.4, 0.5) is 0 Å². The molecule has 136 valence electrons. The number of fused-ring (bicyclic) bond motifs is 4. The van der Waals surface area contributed by atoms with Crippen molar-refractivity contribution in [1.82, 2.24) is 0 Å². The molecule has 0 saturated heterocycles. The van der Waals surface area contributed by atoms with Crippen molar-refractivity contribution in [2.24, 2.45) is 0 Å². The summed E-state index contributed by atoms with van der Waals surface area (Å²) in [6, 6.07) is 36.6. The average molecular weight is 389 g/mol. The summed E-state index contributed by atoms with van der Waals surface area (Å²) in [5.74, 6) is 0. The maximum absolute atomic E-state index is 6.87. The summed E-state index contributed by atoms with van der Waals surface area (Å²) in [6.07, 6.45) is 0. The maximum atomic E-state index is 6.87. The summed E-state index contributed by atoms with van der Waals surface area (Å²) in [4.78, 5) is 0. The Morgan fingerprint density at radius 2 is 0.724 bits per heavy atom. The molecule has 0 spiro atoms. The van der Waals surface area contributed by atoms with Crippen LogP contribution in [0.1, 0.15) is 0 Å². The third-order valence-corrected chi connectivity index (χ3v) is 6.29. The van der Waals surface area contributed by atoms with Gasteiger partial charge in [0.1, 0.15) is 0 Å². The van der Waals surface area contributed by atoms with Gasteiger partial charge >= 0.3 is 0 Å². The van der Waals surface area contributed by atoms with Crippen molar-refractivity contribution in [3.8, 4) is 11.1 Å². The van der Waals surface area contributed by atoms with Crippen LogP contribution in [0.3, 0.4) is 0 Å². The topological polar surface area (TPSA) is 0 Å². The lowest BCUT2D eigenvalue weighted by atomic mass is 9.86. The first kappa shape index (κ1) is 16.6. The zero-order valence-electron chi connectivity index (χ0n) is 15.7. The van der Waals surface area contributed by atoms with Gasteiger partial charge in [0.25, 0.3) is 0 Å². The Bertz CT molecular complexity index is 1450. The molecule has 0 saturated carbocycles. The van der Waals surface area contributed by atoms with Gasteiger partial charge in [-0.2, -0.15) is 0 Å². The fourth-order valence-corrected chi connectivity index (χ4v) is 4.96. The largest absolute Gasteiger partial charge is 0.0830 e. The van der Waals surface area contributed by atoms with Crippen molar-refractivity contribution in [3.63, 3.8) is 0 Å². The van der Waals surface area contributed by atoms with E-state index in [9.17, 15) is 0 Å². The van der Waals surface area contributed by atoms with Crippen LogP contribution < -0.4 is 0 Å². The zero-order chi connectivity index (χ0) is 19.4. The smallest absolute Gasteiger partial charge is 0.0563 e. The normalized spacial score (nSPS) is 11.6. The van der Waals surface area contributed by atoms with Crippen LogP contribution in [0.25, 0.3) is 54.2 Å². The zero-order valence-corrected chi connectivity index (χ0v) is 16.4. The second kappa shape index (κ2) is 6.34. The van der Waals surface area contributed by atoms with Gasteiger partial charge in [0.15, 0.2) is 0 Å². The van der Waals surface area contributed by atoms with Crippen LogP contribution >= 0.6 is 11.6 Å². The lowest BCUT2D eigenvalue weighted by Gasteiger charge is -2.18. The standard InChI is InChI=1S/C28H17Cl/c29-28-24-15-7-5-13-22(24)27(23-14-6-8-16-25(23)28)26-20-11-3-1-9-18(20)17-19-10-2-4-12-21(19)26/h1-17H. The van der Waals surface area contributed by atoms with Gasteiger partial charge in [0.05, 0.1) is 5.02 Å². The van der Waals surface area contributed by atoms with E-state index in [1.807, 2.05) is 0 Å². The summed E-state index contributed by atoms with van der Waals surface area (Å²) in [6.45, 7) is 0. The van der Waals surface area contributed by atoms with E-state index in [0.29, 0.717) is 0 Å². The van der Waals surface area contributed by atoms with E-state index in [4.69, 9.17) is 11.6 Å². The van der Waals surface area contributed by atoms with Gasteiger partial charge in [0, 0.05) is 10.8 Å². The Labute approximate surface area is 174 Å². The molecule has 0 aliphatic heterocycles. The molecule has 0 aliphatic rings. The lowest BCUT2D eigenvalue weighted by molar-refractivity contribution is 1.72. The second-order valence-electron chi connectivity index (χ2n) is 7.47. The van der Waals surface area contributed by atoms with Crippen molar-refractivity contribution in [2.45, 2.75) is 0 Å². The molecule has 1 heteroatoms. The van der Waals surface area contributed by atoms with Crippen LogP contribution in [-0.2, 0) is 0 Å². The molecule has 0 aliphatic carbocycles. The van der Waals surface area contributed by atoms with Crippen molar-refractivity contribution in [2.75, 3.05) is 0 Å². The quantitative estimate of drug-likeness (QED) is 0.247. The molecule has 0 atom stereocenters. The molecular formula is C28H17Cl. The SMILES string of the molecule is Clc1c2ccccc2c(-c2c3ccccc3cc3ccccc23)c2ccccc12. The summed E-state index contributed by atoms with van der Waals surface area (Å²) in [5, 5.41) is 10.4. The number of rotatable bonds is 1. The highest BCUT2D eigenvalue weighted by atomic mass is 35.5. The molecule has 0 bridgehead atoms. The Morgan fingerprint density at radius 3 is 1.21 bits per heavy atom. The Morgan fingerprint density at radius 1 is 0.379 bits per heavy atom. The lowest BCUT2D eigenvalue weighted by Crippen LogP contribution is -1.90. The molecule has 0 nitrogen and oxygen atoms in total. The van der Waals surface area contributed by atoms with E-state index in [0.717, 1.165) is 15.8 Å². The van der Waals surface area contributed by atoms with Crippen LogP contribution in [0.15, 0.2) is 103 Å². The summed E-state index contributed by atoms with van der Waals surface area (Å²) in [7, 11) is 0. The fourth-order valence-electron chi connectivity index (χ4n) is 4.63. The minimum absolute atomic E-state index is 0.824. The molecular weight excluding hydrogens is 372 g/mol. The van der Waals surface area contributed by atoms with Crippen LogP contribution in [0, 0.1) is 0 Å². The predicted octanol–water partition coefficient (Wildman–Crippen LogP) is 8.62. The summed E-state index contributed by atoms with van der Waals surface area (Å²) >= 11 is 6.87. The molecule has 6 aromatic carbocycles. The summed E-state index contributed by atoms with van der Waals surface area (Å²) in [5.41, 5.74) is 2.54. The number of hydrogen-bond acceptors (Lipinski definition) is 0. The Balaban J connectivity index is 1.96. The van der Waals surface area contributed by atoms with Crippen molar-refractivity contribution < 1.29 is 0 Å². The minimum Gasteiger partial charge on any atom is -0.0830 e. The molecule has 6 aromatic rings. The van der Waals surface area contributed by atoms with Gasteiger partial charge in [-0.05, 0) is 49.5 Å². The molecule has 0 N–H and O–H groups in total. The molecule has 0 unspecified atom stereocenters. The highest BCUT2D eigenvalue weighted by Crippen LogP contribution is 2.46. The van der Waals surface area contributed by atoms with Crippen molar-refractivity contribution in [1.29, 1.82) is 0 Å². The van der Waals surface area contributed by atoms with Gasteiger partial charge in [-0.3, -0.25) is 0 Å². The maximum Gasteiger partial charge on any atom is 0.0563 e. The average Bonchev–Trinajstić information content (AvgIpc) is 2.79. The van der Waals surface area contributed by atoms with E-state index < -0.39 is 0 Å². The van der Waals surface area contributed by atoms with E-state index in [1.165, 1.54) is 43.4 Å². The third kappa shape index (κ3) is 2.40.